The molecule has 2 aliphatic rings. The second-order valence-electron chi connectivity index (χ2n) is 5.57. The van der Waals surface area contributed by atoms with Gasteiger partial charge in [0.15, 0.2) is 0 Å². The Kier molecular flexibility index (Phi) is 4.64. The van der Waals surface area contributed by atoms with E-state index in [0.717, 1.165) is 17.8 Å². The second-order valence-corrected chi connectivity index (χ2v) is 5.57. The van der Waals surface area contributed by atoms with Gasteiger partial charge in [-0.05, 0) is 49.0 Å². The van der Waals surface area contributed by atoms with Crippen LogP contribution in [-0.4, -0.2) is 13.1 Å². The summed E-state index contributed by atoms with van der Waals surface area (Å²) in [5.41, 5.74) is 0.688. The van der Waals surface area contributed by atoms with Gasteiger partial charge in [-0.2, -0.15) is 0 Å². The quantitative estimate of drug-likeness (QED) is 0.697. The van der Waals surface area contributed by atoms with Crippen LogP contribution < -0.4 is 5.32 Å². The molecule has 90 valence electrons. The van der Waals surface area contributed by atoms with Gasteiger partial charge in [0.1, 0.15) is 0 Å². The van der Waals surface area contributed by atoms with Gasteiger partial charge < -0.3 is 5.32 Å². The van der Waals surface area contributed by atoms with Gasteiger partial charge in [-0.15, -0.1) is 0 Å². The lowest BCUT2D eigenvalue weighted by atomic mass is 9.70. The molecule has 15 heavy (non-hydrogen) atoms. The highest BCUT2D eigenvalue weighted by atomic mass is 14.9. The van der Waals surface area contributed by atoms with Gasteiger partial charge >= 0.3 is 0 Å². The number of nitrogens with one attached hydrogen (secondary N) is 1. The summed E-state index contributed by atoms with van der Waals surface area (Å²) < 4.78 is 0. The van der Waals surface area contributed by atoms with E-state index in [-0.39, 0.29) is 0 Å². The minimum absolute atomic E-state index is 0.688. The summed E-state index contributed by atoms with van der Waals surface area (Å²) in [4.78, 5) is 0. The molecule has 2 fully saturated rings. The summed E-state index contributed by atoms with van der Waals surface area (Å²) in [5.74, 6) is 2.81. The normalized spacial score (nSPS) is 39.6. The lowest BCUT2D eigenvalue weighted by Crippen LogP contribution is -2.33. The number of rotatable bonds is 1. The summed E-state index contributed by atoms with van der Waals surface area (Å²) in [6.07, 6.45) is 4.37. The Balaban J connectivity index is 0.000000531. The van der Waals surface area contributed by atoms with Gasteiger partial charge in [0.2, 0.25) is 0 Å². The third-order valence-electron chi connectivity index (χ3n) is 4.41. The summed E-state index contributed by atoms with van der Waals surface area (Å²) >= 11 is 0. The first kappa shape index (κ1) is 13.0. The molecule has 1 aliphatic carbocycles. The second kappa shape index (κ2) is 5.34. The van der Waals surface area contributed by atoms with Crippen molar-refractivity contribution in [2.45, 2.75) is 53.9 Å². The first-order valence-corrected chi connectivity index (χ1v) is 6.86. The van der Waals surface area contributed by atoms with Gasteiger partial charge in [0.25, 0.3) is 0 Å². The highest BCUT2D eigenvalue weighted by Crippen LogP contribution is 2.53. The molecule has 3 atom stereocenters. The van der Waals surface area contributed by atoms with E-state index in [4.69, 9.17) is 0 Å². The van der Waals surface area contributed by atoms with Crippen molar-refractivity contribution in [1.82, 2.24) is 5.32 Å². The van der Waals surface area contributed by atoms with Crippen LogP contribution in [0.5, 0.6) is 0 Å². The summed E-state index contributed by atoms with van der Waals surface area (Å²) in [7, 11) is 0. The van der Waals surface area contributed by atoms with Crippen LogP contribution in [0.1, 0.15) is 53.9 Å². The topological polar surface area (TPSA) is 12.0 Å². The monoisotopic (exact) mass is 211 g/mol. The molecule has 0 amide bonds. The molecule has 1 nitrogen and oxygen atoms in total. The maximum absolute atomic E-state index is 3.56. The van der Waals surface area contributed by atoms with E-state index in [1.54, 1.807) is 0 Å². The van der Waals surface area contributed by atoms with Gasteiger partial charge in [0, 0.05) is 6.54 Å². The fraction of sp³-hybridized carbons (Fsp3) is 1.00. The average molecular weight is 211 g/mol. The molecule has 1 aliphatic heterocycles. The van der Waals surface area contributed by atoms with Crippen LogP contribution in [0, 0.1) is 23.2 Å². The van der Waals surface area contributed by atoms with E-state index < -0.39 is 0 Å². The smallest absolute Gasteiger partial charge is 0.00111 e. The number of hydrogen-bond donors (Lipinski definition) is 1. The highest BCUT2D eigenvalue weighted by Gasteiger charge is 2.48. The third-order valence-corrected chi connectivity index (χ3v) is 4.41. The molecule has 1 heterocycles. The van der Waals surface area contributed by atoms with Crippen LogP contribution in [0.3, 0.4) is 0 Å². The van der Waals surface area contributed by atoms with Crippen molar-refractivity contribution >= 4 is 0 Å². The van der Waals surface area contributed by atoms with Crippen LogP contribution in [-0.2, 0) is 0 Å². The van der Waals surface area contributed by atoms with Crippen LogP contribution in [0.2, 0.25) is 0 Å². The molecule has 2 rings (SSSR count). The molecule has 1 saturated heterocycles. The maximum Gasteiger partial charge on any atom is 0.00111 e. The fourth-order valence-electron chi connectivity index (χ4n) is 4.09. The zero-order chi connectivity index (χ0) is 11.5. The lowest BCUT2D eigenvalue weighted by molar-refractivity contribution is 0.144. The SMILES string of the molecule is CC.CC(C)C1C(C)CCC12CCNC2. The molecule has 1 N–H and O–H groups in total. The molecule has 3 unspecified atom stereocenters. The summed E-state index contributed by atoms with van der Waals surface area (Å²) in [6.45, 7) is 13.8. The van der Waals surface area contributed by atoms with E-state index in [1.165, 1.54) is 32.4 Å². The fourth-order valence-corrected chi connectivity index (χ4v) is 4.09. The van der Waals surface area contributed by atoms with Crippen LogP contribution in [0.4, 0.5) is 0 Å². The Morgan fingerprint density at radius 2 is 1.87 bits per heavy atom. The van der Waals surface area contributed by atoms with E-state index in [2.05, 4.69) is 26.1 Å². The highest BCUT2D eigenvalue weighted by molar-refractivity contribution is 5.00. The molecular weight excluding hydrogens is 182 g/mol. The van der Waals surface area contributed by atoms with Crippen LogP contribution in [0.25, 0.3) is 0 Å². The van der Waals surface area contributed by atoms with E-state index in [1.807, 2.05) is 13.8 Å². The molecule has 0 bridgehead atoms. The molecule has 0 aromatic carbocycles. The zero-order valence-electron chi connectivity index (χ0n) is 11.3. The van der Waals surface area contributed by atoms with Crippen molar-refractivity contribution in [2.75, 3.05) is 13.1 Å². The Labute approximate surface area is 96.0 Å². The van der Waals surface area contributed by atoms with Gasteiger partial charge in [-0.3, -0.25) is 0 Å². The molecule has 0 radical (unpaired) electrons. The van der Waals surface area contributed by atoms with E-state index in [0.29, 0.717) is 5.41 Å². The zero-order valence-corrected chi connectivity index (χ0v) is 11.3. The predicted molar refractivity (Wildman–Crippen MR) is 68.0 cm³/mol. The molecule has 1 heteroatoms. The minimum Gasteiger partial charge on any atom is -0.316 e. The van der Waals surface area contributed by atoms with Crippen molar-refractivity contribution in [3.63, 3.8) is 0 Å². The Hall–Kier alpha value is -0.0400. The van der Waals surface area contributed by atoms with Crippen LogP contribution in [0.15, 0.2) is 0 Å². The van der Waals surface area contributed by atoms with Gasteiger partial charge in [-0.1, -0.05) is 34.6 Å². The van der Waals surface area contributed by atoms with Crippen molar-refractivity contribution in [3.8, 4) is 0 Å². The van der Waals surface area contributed by atoms with E-state index >= 15 is 0 Å². The number of hydrogen-bond acceptors (Lipinski definition) is 1. The van der Waals surface area contributed by atoms with Crippen molar-refractivity contribution < 1.29 is 0 Å². The van der Waals surface area contributed by atoms with Crippen LogP contribution >= 0.6 is 0 Å². The molecule has 0 aromatic heterocycles. The van der Waals surface area contributed by atoms with Crippen molar-refractivity contribution in [3.05, 3.63) is 0 Å². The predicted octanol–water partition coefficient (Wildman–Crippen LogP) is 3.69. The Morgan fingerprint density at radius 3 is 2.33 bits per heavy atom. The van der Waals surface area contributed by atoms with E-state index in [9.17, 15) is 0 Å². The summed E-state index contributed by atoms with van der Waals surface area (Å²) in [6, 6.07) is 0. The standard InChI is InChI=1S/C12H23N.C2H6/c1-9(2)11-10(3)4-5-12(11)6-7-13-8-12;1-2/h9-11,13H,4-8H2,1-3H3;1-2H3. The molecule has 1 spiro atoms. The van der Waals surface area contributed by atoms with Gasteiger partial charge in [0.05, 0.1) is 0 Å². The largest absolute Gasteiger partial charge is 0.316 e. The first-order chi connectivity index (χ1) is 7.16. The third kappa shape index (κ3) is 2.38. The Morgan fingerprint density at radius 1 is 1.20 bits per heavy atom. The molecular formula is C14H29N. The maximum atomic E-state index is 3.56. The Bertz CT molecular complexity index is 180. The minimum atomic E-state index is 0.688. The lowest BCUT2D eigenvalue weighted by Gasteiger charge is -2.35. The summed E-state index contributed by atoms with van der Waals surface area (Å²) in [5, 5.41) is 3.56. The van der Waals surface area contributed by atoms with Crippen molar-refractivity contribution in [2.24, 2.45) is 23.2 Å². The average Bonchev–Trinajstić information content (AvgIpc) is 2.79. The molecule has 0 aromatic rings. The first-order valence-electron chi connectivity index (χ1n) is 6.86. The van der Waals surface area contributed by atoms with Crippen molar-refractivity contribution in [1.29, 1.82) is 0 Å². The molecule has 1 saturated carbocycles. The van der Waals surface area contributed by atoms with Gasteiger partial charge in [-0.25, -0.2) is 0 Å².